The highest BCUT2D eigenvalue weighted by Crippen LogP contribution is 2.34. The Hall–Kier alpha value is -1.39. The van der Waals surface area contributed by atoms with Gasteiger partial charge in [0.2, 0.25) is 0 Å². The Morgan fingerprint density at radius 3 is 2.95 bits per heavy atom. The molecule has 0 bridgehead atoms. The Morgan fingerprint density at radius 2 is 2.25 bits per heavy atom. The highest BCUT2D eigenvalue weighted by atomic mass is 16.5. The SMILES string of the molecule is CCn1nc(CC2(CNC)CCOC2)c2ccccc21. The maximum atomic E-state index is 5.66. The van der Waals surface area contributed by atoms with Gasteiger partial charge in [-0.1, -0.05) is 18.2 Å². The van der Waals surface area contributed by atoms with E-state index in [0.717, 1.165) is 39.1 Å². The molecule has 108 valence electrons. The van der Waals surface area contributed by atoms with Crippen molar-refractivity contribution in [2.24, 2.45) is 5.41 Å². The minimum atomic E-state index is 0.199. The van der Waals surface area contributed by atoms with Gasteiger partial charge in [0.05, 0.1) is 17.8 Å². The molecule has 20 heavy (non-hydrogen) atoms. The molecule has 1 saturated heterocycles. The first-order valence-corrected chi connectivity index (χ1v) is 7.45. The van der Waals surface area contributed by atoms with Gasteiger partial charge in [-0.25, -0.2) is 0 Å². The summed E-state index contributed by atoms with van der Waals surface area (Å²) in [6.07, 6.45) is 2.10. The molecule has 1 aliphatic rings. The molecule has 1 fully saturated rings. The first-order valence-electron chi connectivity index (χ1n) is 7.45. The quantitative estimate of drug-likeness (QED) is 0.908. The van der Waals surface area contributed by atoms with Crippen molar-refractivity contribution in [1.82, 2.24) is 15.1 Å². The fraction of sp³-hybridized carbons (Fsp3) is 0.562. The summed E-state index contributed by atoms with van der Waals surface area (Å²) in [6.45, 7) is 5.75. The monoisotopic (exact) mass is 273 g/mol. The largest absolute Gasteiger partial charge is 0.381 e. The molecule has 0 radical (unpaired) electrons. The minimum Gasteiger partial charge on any atom is -0.381 e. The minimum absolute atomic E-state index is 0.199. The lowest BCUT2D eigenvalue weighted by molar-refractivity contribution is 0.150. The van der Waals surface area contributed by atoms with Crippen LogP contribution in [0.3, 0.4) is 0 Å². The van der Waals surface area contributed by atoms with Crippen LogP contribution in [0.25, 0.3) is 10.9 Å². The fourth-order valence-electron chi connectivity index (χ4n) is 3.29. The van der Waals surface area contributed by atoms with Gasteiger partial charge in [0, 0.05) is 36.9 Å². The third kappa shape index (κ3) is 2.34. The van der Waals surface area contributed by atoms with E-state index in [1.807, 2.05) is 7.05 Å². The van der Waals surface area contributed by atoms with E-state index in [-0.39, 0.29) is 5.41 Å². The number of hydrogen-bond acceptors (Lipinski definition) is 3. The molecule has 4 nitrogen and oxygen atoms in total. The van der Waals surface area contributed by atoms with E-state index in [4.69, 9.17) is 9.84 Å². The van der Waals surface area contributed by atoms with Crippen LogP contribution in [0.5, 0.6) is 0 Å². The summed E-state index contributed by atoms with van der Waals surface area (Å²) in [5, 5.41) is 9.45. The smallest absolute Gasteiger partial charge is 0.0710 e. The molecule has 1 N–H and O–H groups in total. The van der Waals surface area contributed by atoms with Gasteiger partial charge in [-0.15, -0.1) is 0 Å². The number of fused-ring (bicyclic) bond motifs is 1. The molecular formula is C16H23N3O. The number of aromatic nitrogens is 2. The number of ether oxygens (including phenoxy) is 1. The van der Waals surface area contributed by atoms with Gasteiger partial charge in [-0.05, 0) is 26.5 Å². The molecule has 2 aromatic rings. The fourth-order valence-corrected chi connectivity index (χ4v) is 3.29. The van der Waals surface area contributed by atoms with Crippen molar-refractivity contribution < 1.29 is 4.74 Å². The summed E-state index contributed by atoms with van der Waals surface area (Å²) in [4.78, 5) is 0. The lowest BCUT2D eigenvalue weighted by Crippen LogP contribution is -2.35. The van der Waals surface area contributed by atoms with Crippen LogP contribution in [0, 0.1) is 5.41 Å². The van der Waals surface area contributed by atoms with E-state index in [1.54, 1.807) is 0 Å². The molecular weight excluding hydrogens is 250 g/mol. The lowest BCUT2D eigenvalue weighted by Gasteiger charge is -2.26. The second-order valence-corrected chi connectivity index (χ2v) is 5.79. The van der Waals surface area contributed by atoms with E-state index in [1.165, 1.54) is 16.6 Å². The summed E-state index contributed by atoms with van der Waals surface area (Å²) in [5.74, 6) is 0. The van der Waals surface area contributed by atoms with Gasteiger partial charge in [-0.3, -0.25) is 4.68 Å². The summed E-state index contributed by atoms with van der Waals surface area (Å²) in [6, 6.07) is 8.53. The van der Waals surface area contributed by atoms with Gasteiger partial charge in [0.1, 0.15) is 0 Å². The average molecular weight is 273 g/mol. The topological polar surface area (TPSA) is 39.1 Å². The van der Waals surface area contributed by atoms with Crippen molar-refractivity contribution in [3.63, 3.8) is 0 Å². The molecule has 3 rings (SSSR count). The third-order valence-electron chi connectivity index (χ3n) is 4.31. The zero-order chi connectivity index (χ0) is 14.0. The predicted octanol–water partition coefficient (Wildman–Crippen LogP) is 2.22. The zero-order valence-corrected chi connectivity index (χ0v) is 12.4. The Labute approximate surface area is 120 Å². The highest BCUT2D eigenvalue weighted by Gasteiger charge is 2.35. The maximum absolute atomic E-state index is 5.66. The first kappa shape index (κ1) is 13.6. The molecule has 1 aromatic carbocycles. The summed E-state index contributed by atoms with van der Waals surface area (Å²) in [5.41, 5.74) is 2.65. The van der Waals surface area contributed by atoms with Crippen molar-refractivity contribution in [1.29, 1.82) is 0 Å². The second-order valence-electron chi connectivity index (χ2n) is 5.79. The molecule has 0 amide bonds. The zero-order valence-electron chi connectivity index (χ0n) is 12.4. The number of para-hydroxylation sites is 1. The molecule has 0 aliphatic carbocycles. The van der Waals surface area contributed by atoms with E-state index in [2.05, 4.69) is 41.2 Å². The van der Waals surface area contributed by atoms with Gasteiger partial charge in [0.25, 0.3) is 0 Å². The molecule has 4 heteroatoms. The summed E-state index contributed by atoms with van der Waals surface area (Å²) in [7, 11) is 2.02. The van der Waals surface area contributed by atoms with Crippen LogP contribution < -0.4 is 5.32 Å². The number of nitrogens with one attached hydrogen (secondary N) is 1. The Kier molecular flexibility index (Phi) is 3.76. The average Bonchev–Trinajstić information content (AvgIpc) is 3.06. The third-order valence-corrected chi connectivity index (χ3v) is 4.31. The molecule has 0 saturated carbocycles. The number of aryl methyl sites for hydroxylation is 1. The molecule has 1 atom stereocenters. The van der Waals surface area contributed by atoms with Crippen LogP contribution in [-0.2, 0) is 17.7 Å². The predicted molar refractivity (Wildman–Crippen MR) is 80.9 cm³/mol. The number of hydrogen-bond donors (Lipinski definition) is 1. The Bertz CT molecular complexity index is 584. The van der Waals surface area contributed by atoms with E-state index in [0.29, 0.717) is 0 Å². The number of benzene rings is 1. The highest BCUT2D eigenvalue weighted by molar-refractivity contribution is 5.82. The van der Waals surface area contributed by atoms with E-state index < -0.39 is 0 Å². The van der Waals surface area contributed by atoms with Crippen molar-refractivity contribution in [2.75, 3.05) is 26.8 Å². The van der Waals surface area contributed by atoms with Crippen molar-refractivity contribution in [3.05, 3.63) is 30.0 Å². The van der Waals surface area contributed by atoms with Crippen molar-refractivity contribution in [3.8, 4) is 0 Å². The standard InChI is InChI=1S/C16H23N3O/c1-3-19-15-7-5-4-6-13(15)14(18-19)10-16(11-17-2)8-9-20-12-16/h4-7,17H,3,8-12H2,1-2H3. The first-order chi connectivity index (χ1) is 9.78. The summed E-state index contributed by atoms with van der Waals surface area (Å²) < 4.78 is 7.76. The van der Waals surface area contributed by atoms with Crippen molar-refractivity contribution in [2.45, 2.75) is 26.3 Å². The Morgan fingerprint density at radius 1 is 1.40 bits per heavy atom. The maximum Gasteiger partial charge on any atom is 0.0710 e. The summed E-state index contributed by atoms with van der Waals surface area (Å²) >= 11 is 0. The molecule has 1 aliphatic heterocycles. The second kappa shape index (κ2) is 5.54. The Balaban J connectivity index is 1.97. The van der Waals surface area contributed by atoms with E-state index >= 15 is 0 Å². The molecule has 0 spiro atoms. The van der Waals surface area contributed by atoms with Crippen LogP contribution in [0.1, 0.15) is 19.0 Å². The van der Waals surface area contributed by atoms with Gasteiger partial charge >= 0.3 is 0 Å². The molecule has 1 unspecified atom stereocenters. The van der Waals surface area contributed by atoms with Gasteiger partial charge < -0.3 is 10.1 Å². The van der Waals surface area contributed by atoms with Crippen LogP contribution in [0.15, 0.2) is 24.3 Å². The lowest BCUT2D eigenvalue weighted by atomic mass is 9.82. The number of nitrogens with zero attached hydrogens (tertiary/aromatic N) is 2. The van der Waals surface area contributed by atoms with Crippen LogP contribution in [0.2, 0.25) is 0 Å². The number of rotatable bonds is 5. The molecule has 2 heterocycles. The van der Waals surface area contributed by atoms with Gasteiger partial charge in [-0.2, -0.15) is 5.10 Å². The van der Waals surface area contributed by atoms with Crippen LogP contribution in [0.4, 0.5) is 0 Å². The van der Waals surface area contributed by atoms with Crippen LogP contribution in [-0.4, -0.2) is 36.6 Å². The van der Waals surface area contributed by atoms with Gasteiger partial charge in [0.15, 0.2) is 0 Å². The normalized spacial score (nSPS) is 22.7. The van der Waals surface area contributed by atoms with Crippen molar-refractivity contribution >= 4 is 10.9 Å². The van der Waals surface area contributed by atoms with Crippen LogP contribution >= 0.6 is 0 Å². The van der Waals surface area contributed by atoms with E-state index in [9.17, 15) is 0 Å². The molecule has 1 aromatic heterocycles.